The van der Waals surface area contributed by atoms with E-state index < -0.39 is 25.5 Å². The van der Waals surface area contributed by atoms with Gasteiger partial charge in [0.25, 0.3) is 21.6 Å². The van der Waals surface area contributed by atoms with Crippen LogP contribution < -0.4 is 10.0 Å². The van der Waals surface area contributed by atoms with Gasteiger partial charge in [-0.3, -0.25) is 19.6 Å². The van der Waals surface area contributed by atoms with Gasteiger partial charge in [0.15, 0.2) is 4.90 Å². The predicted octanol–water partition coefficient (Wildman–Crippen LogP) is 3.33. The minimum Gasteiger partial charge on any atom is -0.348 e. The number of benzene rings is 3. The number of hydrogen-bond donors (Lipinski definition) is 2. The highest BCUT2D eigenvalue weighted by Gasteiger charge is 2.25. The molecule has 3 rings (SSSR count). The number of hydrogen-bond acceptors (Lipinski definition) is 5. The fourth-order valence-electron chi connectivity index (χ4n) is 2.65. The van der Waals surface area contributed by atoms with Crippen molar-refractivity contribution in [3.63, 3.8) is 0 Å². The number of sulfonamides is 1. The van der Waals surface area contributed by atoms with Crippen molar-refractivity contribution in [1.29, 1.82) is 0 Å². The van der Waals surface area contributed by atoms with E-state index in [2.05, 4.69) is 10.0 Å². The number of nitrogens with one attached hydrogen (secondary N) is 2. The molecule has 1 amide bonds. The first-order valence-electron chi connectivity index (χ1n) is 8.55. The Morgan fingerprint density at radius 1 is 0.931 bits per heavy atom. The Balaban J connectivity index is 1.77. The van der Waals surface area contributed by atoms with E-state index in [0.29, 0.717) is 6.54 Å². The molecule has 0 heterocycles. The number of amides is 1. The van der Waals surface area contributed by atoms with Crippen LogP contribution in [0.2, 0.25) is 0 Å². The molecule has 0 aliphatic rings. The van der Waals surface area contributed by atoms with E-state index >= 15 is 0 Å². The zero-order valence-electron chi connectivity index (χ0n) is 15.1. The Hall–Kier alpha value is -3.72. The van der Waals surface area contributed by atoms with Gasteiger partial charge in [-0.05, 0) is 29.8 Å². The second kappa shape index (κ2) is 8.53. The molecule has 8 nitrogen and oxygen atoms in total. The molecule has 0 atom stereocenters. The van der Waals surface area contributed by atoms with E-state index in [4.69, 9.17) is 0 Å². The third kappa shape index (κ3) is 4.96. The van der Waals surface area contributed by atoms with Crippen molar-refractivity contribution in [2.75, 3.05) is 4.72 Å². The van der Waals surface area contributed by atoms with Crippen molar-refractivity contribution in [3.05, 3.63) is 100 Å². The zero-order chi connectivity index (χ0) is 20.9. The fourth-order valence-corrected chi connectivity index (χ4v) is 3.87. The van der Waals surface area contributed by atoms with E-state index in [1.54, 1.807) is 6.07 Å². The van der Waals surface area contributed by atoms with Crippen LogP contribution in [0.15, 0.2) is 83.8 Å². The number of carbonyl (C=O) groups is 1. The Morgan fingerprint density at radius 3 is 2.34 bits per heavy atom. The maximum absolute atomic E-state index is 12.6. The summed E-state index contributed by atoms with van der Waals surface area (Å²) in [6.07, 6.45) is 0. The quantitative estimate of drug-likeness (QED) is 0.457. The summed E-state index contributed by atoms with van der Waals surface area (Å²) in [5, 5.41) is 13.9. The number of para-hydroxylation sites is 1. The SMILES string of the molecule is O=C(NCc1ccccc1)c1cccc(NS(=O)(=O)c2ccccc2[N+](=O)[O-])c1. The molecular formula is C20H17N3O5S. The second-order valence-electron chi connectivity index (χ2n) is 6.08. The topological polar surface area (TPSA) is 118 Å². The molecule has 0 saturated carbocycles. The highest BCUT2D eigenvalue weighted by Crippen LogP contribution is 2.25. The lowest BCUT2D eigenvalue weighted by atomic mass is 10.2. The molecule has 0 bridgehead atoms. The lowest BCUT2D eigenvalue weighted by Crippen LogP contribution is -2.23. The van der Waals surface area contributed by atoms with E-state index in [1.165, 1.54) is 30.3 Å². The van der Waals surface area contributed by atoms with E-state index in [-0.39, 0.29) is 17.2 Å². The normalized spacial score (nSPS) is 10.9. The van der Waals surface area contributed by atoms with Crippen molar-refractivity contribution < 1.29 is 18.1 Å². The summed E-state index contributed by atoms with van der Waals surface area (Å²) in [6.45, 7) is 0.325. The second-order valence-corrected chi connectivity index (χ2v) is 7.73. The van der Waals surface area contributed by atoms with Crippen LogP contribution >= 0.6 is 0 Å². The molecule has 148 valence electrons. The molecular weight excluding hydrogens is 394 g/mol. The lowest BCUT2D eigenvalue weighted by molar-refractivity contribution is -0.387. The number of carbonyl (C=O) groups excluding carboxylic acids is 1. The van der Waals surface area contributed by atoms with E-state index in [1.807, 2.05) is 30.3 Å². The van der Waals surface area contributed by atoms with E-state index in [0.717, 1.165) is 17.7 Å². The van der Waals surface area contributed by atoms with Gasteiger partial charge in [-0.2, -0.15) is 0 Å². The summed E-state index contributed by atoms with van der Waals surface area (Å²) in [6, 6.07) is 20.3. The molecule has 0 aliphatic carbocycles. The van der Waals surface area contributed by atoms with Crippen molar-refractivity contribution >= 4 is 27.3 Å². The molecule has 3 aromatic carbocycles. The molecule has 0 spiro atoms. The number of anilines is 1. The van der Waals surface area contributed by atoms with Crippen LogP contribution in [-0.2, 0) is 16.6 Å². The van der Waals surface area contributed by atoms with Crippen LogP contribution in [0.25, 0.3) is 0 Å². The third-order valence-electron chi connectivity index (χ3n) is 4.02. The van der Waals surface area contributed by atoms with Crippen molar-refractivity contribution in [1.82, 2.24) is 5.32 Å². The molecule has 0 aliphatic heterocycles. The predicted molar refractivity (Wildman–Crippen MR) is 108 cm³/mol. The molecule has 0 fully saturated rings. The molecule has 3 aromatic rings. The monoisotopic (exact) mass is 411 g/mol. The average Bonchev–Trinajstić information content (AvgIpc) is 2.72. The highest BCUT2D eigenvalue weighted by atomic mass is 32.2. The summed E-state index contributed by atoms with van der Waals surface area (Å²) >= 11 is 0. The summed E-state index contributed by atoms with van der Waals surface area (Å²) in [4.78, 5) is 22.3. The van der Waals surface area contributed by atoms with E-state index in [9.17, 15) is 23.3 Å². The molecule has 29 heavy (non-hydrogen) atoms. The van der Waals surface area contributed by atoms with Gasteiger partial charge < -0.3 is 5.32 Å². The van der Waals surface area contributed by atoms with Crippen LogP contribution in [0.3, 0.4) is 0 Å². The first-order valence-corrected chi connectivity index (χ1v) is 10.0. The van der Waals surface area contributed by atoms with Crippen LogP contribution in [0.1, 0.15) is 15.9 Å². The maximum atomic E-state index is 12.6. The van der Waals surface area contributed by atoms with Crippen molar-refractivity contribution in [2.24, 2.45) is 0 Å². The molecule has 0 saturated heterocycles. The number of nitro groups is 1. The highest BCUT2D eigenvalue weighted by molar-refractivity contribution is 7.92. The largest absolute Gasteiger partial charge is 0.348 e. The van der Waals surface area contributed by atoms with Gasteiger partial charge in [-0.15, -0.1) is 0 Å². The fraction of sp³-hybridized carbons (Fsp3) is 0.0500. The standard InChI is InChI=1S/C20H17N3O5S/c24-20(21-14-15-7-2-1-3-8-15)16-9-6-10-17(13-16)22-29(27,28)19-12-5-4-11-18(19)23(25)26/h1-13,22H,14H2,(H,21,24). The molecule has 0 radical (unpaired) electrons. The number of rotatable bonds is 7. The number of nitrogens with zero attached hydrogens (tertiary/aromatic N) is 1. The molecule has 0 unspecified atom stereocenters. The summed E-state index contributed by atoms with van der Waals surface area (Å²) in [5.74, 6) is -0.374. The molecule has 2 N–H and O–H groups in total. The Labute approximate surface area is 167 Å². The first-order chi connectivity index (χ1) is 13.9. The minimum atomic E-state index is -4.21. The van der Waals surface area contributed by atoms with Gasteiger partial charge in [-0.1, -0.05) is 48.5 Å². The van der Waals surface area contributed by atoms with Gasteiger partial charge in [-0.25, -0.2) is 8.42 Å². The molecule has 9 heteroatoms. The summed E-state index contributed by atoms with van der Waals surface area (Å²) in [5.41, 5.74) is 0.769. The van der Waals surface area contributed by atoms with Crippen LogP contribution in [0.4, 0.5) is 11.4 Å². The minimum absolute atomic E-state index is 0.121. The average molecular weight is 411 g/mol. The van der Waals surface area contributed by atoms with Crippen LogP contribution in [-0.4, -0.2) is 19.2 Å². The lowest BCUT2D eigenvalue weighted by Gasteiger charge is -2.10. The zero-order valence-corrected chi connectivity index (χ0v) is 15.9. The van der Waals surface area contributed by atoms with Gasteiger partial charge in [0.2, 0.25) is 0 Å². The Morgan fingerprint density at radius 2 is 1.62 bits per heavy atom. The van der Waals surface area contributed by atoms with Crippen molar-refractivity contribution in [2.45, 2.75) is 11.4 Å². The first kappa shape index (κ1) is 20.0. The van der Waals surface area contributed by atoms with Crippen molar-refractivity contribution in [3.8, 4) is 0 Å². The van der Waals surface area contributed by atoms with Gasteiger partial charge in [0, 0.05) is 23.9 Å². The molecule has 0 aromatic heterocycles. The smallest absolute Gasteiger partial charge is 0.289 e. The van der Waals surface area contributed by atoms with Crippen LogP contribution in [0.5, 0.6) is 0 Å². The van der Waals surface area contributed by atoms with Gasteiger partial charge in [0.05, 0.1) is 4.92 Å². The Kier molecular flexibility index (Phi) is 5.89. The number of nitro benzene ring substituents is 1. The summed E-state index contributed by atoms with van der Waals surface area (Å²) < 4.78 is 27.5. The third-order valence-corrected chi connectivity index (χ3v) is 5.45. The summed E-state index contributed by atoms with van der Waals surface area (Å²) in [7, 11) is -4.21. The van der Waals surface area contributed by atoms with Gasteiger partial charge >= 0.3 is 0 Å². The Bertz CT molecular complexity index is 1150. The maximum Gasteiger partial charge on any atom is 0.289 e. The van der Waals surface area contributed by atoms with Crippen LogP contribution in [0, 0.1) is 10.1 Å². The van der Waals surface area contributed by atoms with Gasteiger partial charge in [0.1, 0.15) is 0 Å².